The van der Waals surface area contributed by atoms with Crippen LogP contribution in [0.3, 0.4) is 0 Å². The fourth-order valence-corrected chi connectivity index (χ4v) is 17.4. The van der Waals surface area contributed by atoms with Crippen molar-refractivity contribution in [2.75, 3.05) is 33.0 Å². The lowest BCUT2D eigenvalue weighted by molar-refractivity contribution is -0.394. The molecule has 1 spiro atoms. The predicted octanol–water partition coefficient (Wildman–Crippen LogP) is -1.50. The summed E-state index contributed by atoms with van der Waals surface area (Å²) in [5.41, 5.74) is -2.66. The summed E-state index contributed by atoms with van der Waals surface area (Å²) in [5.74, 6) is 0.706. The van der Waals surface area contributed by atoms with Crippen LogP contribution in [-0.4, -0.2) is 229 Å². The van der Waals surface area contributed by atoms with Crippen molar-refractivity contribution in [1.29, 1.82) is 0 Å². The molecule has 10 rings (SSSR count). The Morgan fingerprint density at radius 2 is 1.17 bits per heavy atom. The van der Waals surface area contributed by atoms with Crippen LogP contribution in [0.2, 0.25) is 0 Å². The van der Waals surface area contributed by atoms with Crippen LogP contribution in [0.5, 0.6) is 0 Å². The number of carbonyl (C=O) groups excluding carboxylic acids is 1. The molecule has 29 atom stereocenters. The Balaban J connectivity index is 0.902. The van der Waals surface area contributed by atoms with Gasteiger partial charge in [0.15, 0.2) is 25.2 Å². The van der Waals surface area contributed by atoms with Gasteiger partial charge < -0.3 is 104 Å². The molecule has 75 heavy (non-hydrogen) atoms. The Morgan fingerprint density at radius 1 is 0.573 bits per heavy atom. The lowest BCUT2D eigenvalue weighted by Gasteiger charge is -2.74. The number of Topliss-reactive ketones (excluding diaryl/α,β-unsaturated/α-hetero) is 1. The summed E-state index contributed by atoms with van der Waals surface area (Å²) in [6.07, 6.45) is -24.1. The van der Waals surface area contributed by atoms with Crippen molar-refractivity contribution in [1.82, 2.24) is 0 Å². The first kappa shape index (κ1) is 57.1. The Morgan fingerprint density at radius 3 is 1.83 bits per heavy atom. The maximum Gasteiger partial charge on any atom is 0.187 e. The van der Waals surface area contributed by atoms with Crippen LogP contribution in [-0.2, 0) is 47.4 Å². The topological polar surface area (TPSA) is 343 Å². The quantitative estimate of drug-likeness (QED) is 0.105. The number of aliphatic hydroxyl groups is 12. The van der Waals surface area contributed by atoms with Gasteiger partial charge in [0.25, 0.3) is 0 Å². The van der Waals surface area contributed by atoms with Crippen molar-refractivity contribution < 1.29 is 109 Å². The highest BCUT2D eigenvalue weighted by molar-refractivity contribution is 5.88. The molecule has 5 aliphatic carbocycles. The summed E-state index contributed by atoms with van der Waals surface area (Å²) in [6, 6.07) is 0. The summed E-state index contributed by atoms with van der Waals surface area (Å²) in [4.78, 5) is 14.7. The second-order valence-electron chi connectivity index (χ2n) is 26.2. The van der Waals surface area contributed by atoms with Gasteiger partial charge in [-0.2, -0.15) is 0 Å². The van der Waals surface area contributed by atoms with E-state index in [1.54, 1.807) is 0 Å². The average Bonchev–Trinajstić information content (AvgIpc) is 3.66. The largest absolute Gasteiger partial charge is 0.396 e. The van der Waals surface area contributed by atoms with E-state index in [9.17, 15) is 66.1 Å². The minimum Gasteiger partial charge on any atom is -0.396 e. The molecule has 5 heterocycles. The fourth-order valence-electron chi connectivity index (χ4n) is 17.4. The van der Waals surface area contributed by atoms with Gasteiger partial charge in [-0.25, -0.2) is 0 Å². The Hall–Kier alpha value is -1.17. The van der Waals surface area contributed by atoms with E-state index >= 15 is 0 Å². The maximum absolute atomic E-state index is 14.7. The van der Waals surface area contributed by atoms with Gasteiger partial charge in [-0.05, 0) is 98.2 Å². The van der Waals surface area contributed by atoms with Crippen LogP contribution < -0.4 is 0 Å². The number of hydrogen-bond acceptors (Lipinski definition) is 22. The van der Waals surface area contributed by atoms with Crippen LogP contribution in [0.15, 0.2) is 0 Å². The Bertz CT molecular complexity index is 2070. The normalized spacial score (nSPS) is 57.6. The summed E-state index contributed by atoms with van der Waals surface area (Å²) in [7, 11) is 0. The number of carbonyl (C=O) groups is 1. The van der Waals surface area contributed by atoms with E-state index in [0.29, 0.717) is 25.2 Å². The number of aliphatic hydroxyl groups excluding tert-OH is 12. The molecule has 10 fully saturated rings. The van der Waals surface area contributed by atoms with Gasteiger partial charge >= 0.3 is 0 Å². The highest BCUT2D eigenvalue weighted by Gasteiger charge is 2.80. The van der Waals surface area contributed by atoms with Gasteiger partial charge in [-0.1, -0.05) is 41.5 Å². The Kier molecular flexibility index (Phi) is 15.3. The van der Waals surface area contributed by atoms with E-state index in [0.717, 1.165) is 51.4 Å². The molecule has 430 valence electrons. The zero-order chi connectivity index (χ0) is 54.3. The molecule has 0 aromatic carbocycles. The molecule has 10 aliphatic rings. The third kappa shape index (κ3) is 8.54. The lowest BCUT2D eigenvalue weighted by Crippen LogP contribution is -2.73. The predicted molar refractivity (Wildman–Crippen MR) is 255 cm³/mol. The molecule has 12 N–H and O–H groups in total. The molecule has 5 saturated carbocycles. The standard InChI is InChI=1S/C53H86O22/c1-23-32(58)36(62)39(65)43(69-23)75-42-38(64)34(60)25(19-55)71-46(42)72-26-20-67-45(41(35(26)61)74-44-40(66)37(63)33(59)24(18-54)70-44)73-31-10-11-49(5)27(47(31,2)3)8-12-50(6)28(49)9-13-53-29-16-48(4,21-56)14-15-52(29,22-68-53)30(57)17-51(50,53)7/h23-29,31-46,54-56,58-66H,8-22H2,1-7H3/t23-,24+,25+,26-,27-,28+,29+,31-,32-,33+,34+,35-,36+,37-,38-,39+,40+,41+,42+,43-,44-,45-,46-,48-,49+,50+,51-,52+,53-/m0/s1. The lowest BCUT2D eigenvalue weighted by atomic mass is 9.30. The van der Waals surface area contributed by atoms with Crippen molar-refractivity contribution in [3.05, 3.63) is 0 Å². The summed E-state index contributed by atoms with van der Waals surface area (Å²) in [6.45, 7) is 13.6. The zero-order valence-corrected chi connectivity index (χ0v) is 44.3. The highest BCUT2D eigenvalue weighted by Crippen LogP contribution is 2.80. The first-order valence-electron chi connectivity index (χ1n) is 27.5. The van der Waals surface area contributed by atoms with E-state index in [-0.39, 0.29) is 40.6 Å². The molecule has 0 unspecified atom stereocenters. The molecule has 0 amide bonds. The minimum absolute atomic E-state index is 0.0434. The first-order valence-corrected chi connectivity index (χ1v) is 27.5. The van der Waals surface area contributed by atoms with E-state index in [2.05, 4.69) is 41.5 Å². The third-order valence-corrected chi connectivity index (χ3v) is 22.2. The molecule has 22 nitrogen and oxygen atoms in total. The van der Waals surface area contributed by atoms with E-state index < -0.39 is 164 Å². The summed E-state index contributed by atoms with van der Waals surface area (Å²) in [5, 5.41) is 130. The van der Waals surface area contributed by atoms with Crippen molar-refractivity contribution >= 4 is 5.78 Å². The highest BCUT2D eigenvalue weighted by atomic mass is 16.8. The average molecular weight is 1080 g/mol. The Labute approximate surface area is 437 Å². The number of ether oxygens (including phenoxy) is 9. The molecular formula is C53H86O22. The second-order valence-corrected chi connectivity index (χ2v) is 26.2. The van der Waals surface area contributed by atoms with Gasteiger partial charge in [0.05, 0.1) is 49.7 Å². The number of hydrogen-bond donors (Lipinski definition) is 12. The van der Waals surface area contributed by atoms with Crippen LogP contribution in [0.25, 0.3) is 0 Å². The van der Waals surface area contributed by atoms with E-state index in [1.807, 2.05) is 0 Å². The zero-order valence-electron chi connectivity index (χ0n) is 44.3. The molecule has 0 radical (unpaired) electrons. The van der Waals surface area contributed by atoms with Crippen LogP contribution >= 0.6 is 0 Å². The molecule has 22 heteroatoms. The number of fused-ring (bicyclic) bond motifs is 4. The van der Waals surface area contributed by atoms with Gasteiger partial charge in [-0.15, -0.1) is 0 Å². The van der Waals surface area contributed by atoms with Gasteiger partial charge in [0.2, 0.25) is 0 Å². The van der Waals surface area contributed by atoms with Gasteiger partial charge in [0.1, 0.15) is 91.2 Å². The monoisotopic (exact) mass is 1070 g/mol. The van der Waals surface area contributed by atoms with E-state index in [1.165, 1.54) is 6.92 Å². The van der Waals surface area contributed by atoms with Gasteiger partial charge in [-0.3, -0.25) is 4.79 Å². The molecule has 5 aliphatic heterocycles. The SMILES string of the molecule is C[C@@H]1O[C@@H](O[C@H]2[C@H](O[C@H]3CO[C@@H](O[C@H]4CC[C@@]5(C)[C@H]6CC[C@]78OC[C@@]9(CC[C@](C)(CO)C[C@H]97)C(=O)C[C@@]8(C)[C@]6(C)CC[C@H]5C4(C)C)[C@H](O[C@@H]4O[C@H](CO)[C@@H](O)[C@H](O)[C@H]4O)[C@H]3O)O[C@H](CO)[C@@H](O)[C@@H]2O)[C@H](O)[C@H](O)[C@H]1O. The number of rotatable bonds is 11. The van der Waals surface area contributed by atoms with Crippen LogP contribution in [0.1, 0.15) is 113 Å². The van der Waals surface area contributed by atoms with E-state index in [4.69, 9.17) is 42.6 Å². The molecular weight excluding hydrogens is 989 g/mol. The van der Waals surface area contributed by atoms with Crippen LogP contribution in [0, 0.1) is 50.2 Å². The first-order chi connectivity index (χ1) is 35.2. The third-order valence-electron chi connectivity index (χ3n) is 22.2. The van der Waals surface area contributed by atoms with Crippen molar-refractivity contribution in [2.45, 2.75) is 241 Å². The summed E-state index contributed by atoms with van der Waals surface area (Å²) < 4.78 is 56.2. The molecule has 0 aromatic rings. The van der Waals surface area contributed by atoms with Crippen LogP contribution in [0.4, 0.5) is 0 Å². The van der Waals surface area contributed by atoms with Crippen molar-refractivity contribution in [3.63, 3.8) is 0 Å². The summed E-state index contributed by atoms with van der Waals surface area (Å²) >= 11 is 0. The molecule has 5 saturated heterocycles. The molecule has 0 aromatic heterocycles. The fraction of sp³-hybridized carbons (Fsp3) is 0.981. The smallest absolute Gasteiger partial charge is 0.187 e. The molecule has 2 bridgehead atoms. The number of ketones is 1. The maximum atomic E-state index is 14.7. The van der Waals surface area contributed by atoms with Crippen molar-refractivity contribution in [2.24, 2.45) is 50.2 Å². The van der Waals surface area contributed by atoms with Crippen molar-refractivity contribution in [3.8, 4) is 0 Å². The minimum atomic E-state index is -1.89. The van der Waals surface area contributed by atoms with Gasteiger partial charge in [0, 0.05) is 24.4 Å². The second kappa shape index (κ2) is 20.1.